The molecular weight excluding hydrogens is 262 g/mol. The van der Waals surface area contributed by atoms with E-state index in [9.17, 15) is 14.4 Å². The van der Waals surface area contributed by atoms with Crippen molar-refractivity contribution >= 4 is 17.7 Å². The van der Waals surface area contributed by atoms with E-state index < -0.39 is 0 Å². The number of hydrogen-bond acceptors (Lipinski definition) is 4. The molecule has 0 radical (unpaired) electrons. The van der Waals surface area contributed by atoms with Crippen LogP contribution in [0.25, 0.3) is 0 Å². The topological polar surface area (TPSA) is 100 Å². The first-order valence-corrected chi connectivity index (χ1v) is 6.37. The van der Waals surface area contributed by atoms with Crippen LogP contribution in [0.4, 0.5) is 0 Å². The molecule has 3 amide bonds. The third kappa shape index (κ3) is 6.03. The Morgan fingerprint density at radius 3 is 2.55 bits per heavy atom. The Balaban J connectivity index is 2.14. The van der Waals surface area contributed by atoms with Crippen molar-refractivity contribution in [3.05, 3.63) is 24.2 Å². The van der Waals surface area contributed by atoms with Gasteiger partial charge in [0.1, 0.15) is 0 Å². The van der Waals surface area contributed by atoms with Gasteiger partial charge < -0.3 is 20.4 Å². The van der Waals surface area contributed by atoms with E-state index in [0.29, 0.717) is 0 Å². The molecule has 0 aliphatic carbocycles. The van der Waals surface area contributed by atoms with Gasteiger partial charge in [0.25, 0.3) is 5.91 Å². The highest BCUT2D eigenvalue weighted by Gasteiger charge is 2.09. The third-order valence-corrected chi connectivity index (χ3v) is 2.28. The maximum Gasteiger partial charge on any atom is 0.286 e. The van der Waals surface area contributed by atoms with Crippen LogP contribution in [-0.2, 0) is 9.59 Å². The highest BCUT2D eigenvalue weighted by molar-refractivity contribution is 5.91. The zero-order valence-corrected chi connectivity index (χ0v) is 11.6. The third-order valence-electron chi connectivity index (χ3n) is 2.28. The van der Waals surface area contributed by atoms with E-state index in [1.165, 1.54) is 12.3 Å². The largest absolute Gasteiger partial charge is 0.459 e. The second-order valence-corrected chi connectivity index (χ2v) is 4.48. The molecule has 0 atom stereocenters. The Kier molecular flexibility index (Phi) is 6.28. The van der Waals surface area contributed by atoms with Gasteiger partial charge >= 0.3 is 0 Å². The van der Waals surface area contributed by atoms with Crippen molar-refractivity contribution in [2.45, 2.75) is 26.3 Å². The van der Waals surface area contributed by atoms with Crippen LogP contribution >= 0.6 is 0 Å². The monoisotopic (exact) mass is 281 g/mol. The summed E-state index contributed by atoms with van der Waals surface area (Å²) in [5, 5.41) is 7.67. The van der Waals surface area contributed by atoms with Gasteiger partial charge in [-0.05, 0) is 26.0 Å². The average Bonchev–Trinajstić information content (AvgIpc) is 2.89. The van der Waals surface area contributed by atoms with Gasteiger partial charge in [0.15, 0.2) is 5.76 Å². The van der Waals surface area contributed by atoms with E-state index in [-0.39, 0.29) is 49.0 Å². The summed E-state index contributed by atoms with van der Waals surface area (Å²) in [5.74, 6) is -0.723. The van der Waals surface area contributed by atoms with Crippen LogP contribution in [0.15, 0.2) is 22.8 Å². The Hall–Kier alpha value is -2.31. The Bertz CT molecular complexity index is 454. The zero-order valence-electron chi connectivity index (χ0n) is 11.6. The van der Waals surface area contributed by atoms with Gasteiger partial charge in [0, 0.05) is 19.0 Å². The number of rotatable bonds is 7. The molecule has 0 spiro atoms. The van der Waals surface area contributed by atoms with E-state index in [1.54, 1.807) is 6.07 Å². The van der Waals surface area contributed by atoms with Crippen molar-refractivity contribution in [1.29, 1.82) is 0 Å². The molecule has 3 N–H and O–H groups in total. The summed E-state index contributed by atoms with van der Waals surface area (Å²) in [4.78, 5) is 34.2. The molecule has 0 saturated heterocycles. The number of hydrogen-bond donors (Lipinski definition) is 3. The van der Waals surface area contributed by atoms with Crippen LogP contribution in [0.2, 0.25) is 0 Å². The predicted molar refractivity (Wildman–Crippen MR) is 71.9 cm³/mol. The molecular formula is C13H19N3O4. The molecule has 0 aliphatic rings. The summed E-state index contributed by atoms with van der Waals surface area (Å²) < 4.78 is 4.90. The van der Waals surface area contributed by atoms with E-state index >= 15 is 0 Å². The number of amides is 3. The van der Waals surface area contributed by atoms with Crippen LogP contribution < -0.4 is 16.0 Å². The number of carbonyl (C=O) groups excluding carboxylic acids is 3. The fraction of sp³-hybridized carbons (Fsp3) is 0.462. The van der Waals surface area contributed by atoms with E-state index in [1.807, 2.05) is 13.8 Å². The molecule has 0 bridgehead atoms. The second kappa shape index (κ2) is 7.98. The highest BCUT2D eigenvalue weighted by Crippen LogP contribution is 1.98. The standard InChI is InChI=1S/C13H19N3O4/c1-9(2)16-12(18)8-15-11(17)5-6-14-13(19)10-4-3-7-20-10/h3-4,7,9H,5-6,8H2,1-2H3,(H,14,19)(H,15,17)(H,16,18). The molecule has 0 aromatic carbocycles. The van der Waals surface area contributed by atoms with Crippen LogP contribution in [0.3, 0.4) is 0 Å². The van der Waals surface area contributed by atoms with Crippen molar-refractivity contribution < 1.29 is 18.8 Å². The van der Waals surface area contributed by atoms with Gasteiger partial charge in [-0.15, -0.1) is 0 Å². The molecule has 7 heteroatoms. The maximum atomic E-state index is 11.5. The van der Waals surface area contributed by atoms with Gasteiger partial charge in [0.05, 0.1) is 12.8 Å². The first-order chi connectivity index (χ1) is 9.49. The smallest absolute Gasteiger partial charge is 0.286 e. The lowest BCUT2D eigenvalue weighted by Gasteiger charge is -2.09. The Labute approximate surface area is 117 Å². The summed E-state index contributed by atoms with van der Waals surface area (Å²) in [5.41, 5.74) is 0. The van der Waals surface area contributed by atoms with E-state index in [0.717, 1.165) is 0 Å². The Morgan fingerprint density at radius 1 is 1.20 bits per heavy atom. The Morgan fingerprint density at radius 2 is 1.95 bits per heavy atom. The highest BCUT2D eigenvalue weighted by atomic mass is 16.3. The van der Waals surface area contributed by atoms with Crippen LogP contribution in [0.1, 0.15) is 30.8 Å². The molecule has 20 heavy (non-hydrogen) atoms. The minimum atomic E-state index is -0.375. The fourth-order valence-corrected chi connectivity index (χ4v) is 1.42. The summed E-state index contributed by atoms with van der Waals surface area (Å²) in [6, 6.07) is 3.17. The van der Waals surface area contributed by atoms with Crippen molar-refractivity contribution in [1.82, 2.24) is 16.0 Å². The number of nitrogens with one attached hydrogen (secondary N) is 3. The minimum Gasteiger partial charge on any atom is -0.459 e. The summed E-state index contributed by atoms with van der Waals surface area (Å²) in [7, 11) is 0. The summed E-state index contributed by atoms with van der Waals surface area (Å²) >= 11 is 0. The van der Waals surface area contributed by atoms with Gasteiger partial charge in [-0.3, -0.25) is 14.4 Å². The summed E-state index contributed by atoms with van der Waals surface area (Å²) in [6.45, 7) is 3.79. The van der Waals surface area contributed by atoms with Crippen LogP contribution in [0.5, 0.6) is 0 Å². The lowest BCUT2D eigenvalue weighted by atomic mass is 10.3. The average molecular weight is 281 g/mol. The maximum absolute atomic E-state index is 11.5. The molecule has 110 valence electrons. The number of carbonyl (C=O) groups is 3. The minimum absolute atomic E-state index is 0.0342. The molecule has 7 nitrogen and oxygen atoms in total. The molecule has 0 saturated carbocycles. The van der Waals surface area contributed by atoms with Crippen molar-refractivity contribution in [2.75, 3.05) is 13.1 Å². The molecule has 1 aromatic rings. The van der Waals surface area contributed by atoms with Crippen LogP contribution in [-0.4, -0.2) is 36.9 Å². The normalized spacial score (nSPS) is 10.2. The first-order valence-electron chi connectivity index (χ1n) is 6.37. The molecule has 1 heterocycles. The lowest BCUT2D eigenvalue weighted by Crippen LogP contribution is -2.40. The van der Waals surface area contributed by atoms with Crippen molar-refractivity contribution in [3.63, 3.8) is 0 Å². The fourth-order valence-electron chi connectivity index (χ4n) is 1.42. The van der Waals surface area contributed by atoms with Crippen molar-refractivity contribution in [3.8, 4) is 0 Å². The molecule has 0 unspecified atom stereocenters. The van der Waals surface area contributed by atoms with Gasteiger partial charge in [0.2, 0.25) is 11.8 Å². The van der Waals surface area contributed by atoms with Gasteiger partial charge in [-0.1, -0.05) is 0 Å². The van der Waals surface area contributed by atoms with Crippen LogP contribution in [0, 0.1) is 0 Å². The zero-order chi connectivity index (χ0) is 15.0. The summed E-state index contributed by atoms with van der Waals surface area (Å²) in [6.07, 6.45) is 1.50. The van der Waals surface area contributed by atoms with E-state index in [2.05, 4.69) is 16.0 Å². The second-order valence-electron chi connectivity index (χ2n) is 4.48. The molecule has 1 aromatic heterocycles. The quantitative estimate of drug-likeness (QED) is 0.657. The lowest BCUT2D eigenvalue weighted by molar-refractivity contribution is -0.126. The van der Waals surface area contributed by atoms with Gasteiger partial charge in [-0.25, -0.2) is 0 Å². The van der Waals surface area contributed by atoms with Crippen molar-refractivity contribution in [2.24, 2.45) is 0 Å². The molecule has 0 aliphatic heterocycles. The van der Waals surface area contributed by atoms with E-state index in [4.69, 9.17) is 4.42 Å². The SMILES string of the molecule is CC(C)NC(=O)CNC(=O)CCNC(=O)c1ccco1. The first kappa shape index (κ1) is 15.7. The number of furan rings is 1. The molecule has 1 rings (SSSR count). The molecule has 0 fully saturated rings. The predicted octanol–water partition coefficient (Wildman–Crippen LogP) is 0.0403. The van der Waals surface area contributed by atoms with Gasteiger partial charge in [-0.2, -0.15) is 0 Å².